The monoisotopic (exact) mass is 655 g/mol. The van der Waals surface area contributed by atoms with Crippen molar-refractivity contribution in [3.05, 3.63) is 187 Å². The van der Waals surface area contributed by atoms with Crippen LogP contribution in [0.15, 0.2) is 190 Å². The number of allylic oxidation sites excluding steroid dienone is 4. The van der Waals surface area contributed by atoms with Crippen LogP contribution in [0.2, 0.25) is 0 Å². The third-order valence-electron chi connectivity index (χ3n) is 10.2. The summed E-state index contributed by atoms with van der Waals surface area (Å²) in [5.74, 6) is 0. The van der Waals surface area contributed by atoms with E-state index in [9.17, 15) is 0 Å². The van der Waals surface area contributed by atoms with Crippen LogP contribution in [0, 0.1) is 0 Å². The molecule has 10 rings (SSSR count). The smallest absolute Gasteiger partial charge is 0.137 e. The maximum atomic E-state index is 6.37. The highest BCUT2D eigenvalue weighted by Gasteiger charge is 2.23. The van der Waals surface area contributed by atoms with Gasteiger partial charge in [-0.05, 0) is 101 Å². The lowest BCUT2D eigenvalue weighted by atomic mass is 9.92. The van der Waals surface area contributed by atoms with Gasteiger partial charge in [-0.15, -0.1) is 0 Å². The van der Waals surface area contributed by atoms with E-state index in [1.165, 1.54) is 33.5 Å². The second kappa shape index (κ2) is 12.1. The van der Waals surface area contributed by atoms with Crippen LogP contribution in [0.25, 0.3) is 71.7 Å². The Morgan fingerprint density at radius 1 is 0.412 bits per heavy atom. The predicted octanol–water partition coefficient (Wildman–Crippen LogP) is 13.7. The van der Waals surface area contributed by atoms with Crippen LogP contribution in [0.1, 0.15) is 18.4 Å². The van der Waals surface area contributed by atoms with Gasteiger partial charge in [0.2, 0.25) is 0 Å². The van der Waals surface area contributed by atoms with Crippen molar-refractivity contribution in [2.75, 3.05) is 4.90 Å². The molecule has 3 nitrogen and oxygen atoms in total. The number of anilines is 2. The lowest BCUT2D eigenvalue weighted by Gasteiger charge is -2.30. The molecule has 1 aliphatic carbocycles. The summed E-state index contributed by atoms with van der Waals surface area (Å²) in [5.41, 5.74) is 14.5. The molecule has 0 bridgehead atoms. The predicted molar refractivity (Wildman–Crippen MR) is 212 cm³/mol. The van der Waals surface area contributed by atoms with Crippen LogP contribution in [-0.4, -0.2) is 0 Å². The van der Waals surface area contributed by atoms with Gasteiger partial charge in [0.05, 0.1) is 11.1 Å². The van der Waals surface area contributed by atoms with Gasteiger partial charge in [0.15, 0.2) is 0 Å². The minimum atomic E-state index is 0.888. The van der Waals surface area contributed by atoms with Crippen LogP contribution in [-0.2, 0) is 0 Å². The molecule has 3 heteroatoms. The summed E-state index contributed by atoms with van der Waals surface area (Å²) < 4.78 is 12.6. The molecule has 0 saturated carbocycles. The maximum Gasteiger partial charge on any atom is 0.137 e. The molecule has 0 aliphatic heterocycles. The van der Waals surface area contributed by atoms with Gasteiger partial charge in [-0.1, -0.05) is 121 Å². The zero-order valence-electron chi connectivity index (χ0n) is 27.9. The number of fused-ring (bicyclic) bond motifs is 6. The second-order valence-corrected chi connectivity index (χ2v) is 13.2. The van der Waals surface area contributed by atoms with Crippen LogP contribution in [0.4, 0.5) is 11.4 Å². The Morgan fingerprint density at radius 3 is 1.76 bits per heavy atom. The number of rotatable bonds is 6. The fraction of sp³-hybridized carbons (Fsp3) is 0.0417. The van der Waals surface area contributed by atoms with Crippen LogP contribution in [0.5, 0.6) is 0 Å². The molecule has 0 saturated heterocycles. The van der Waals surface area contributed by atoms with Gasteiger partial charge in [-0.2, -0.15) is 0 Å². The molecule has 2 heterocycles. The number of furan rings is 2. The molecule has 242 valence electrons. The number of nitrogens with zero attached hydrogens (tertiary/aromatic N) is 1. The fourth-order valence-corrected chi connectivity index (χ4v) is 7.79. The zero-order chi connectivity index (χ0) is 33.7. The number of para-hydroxylation sites is 2. The van der Waals surface area contributed by atoms with E-state index in [0.717, 1.165) is 73.7 Å². The Bertz CT molecular complexity index is 2800. The summed E-state index contributed by atoms with van der Waals surface area (Å²) in [7, 11) is 0. The molecule has 0 fully saturated rings. The van der Waals surface area contributed by atoms with Crippen molar-refractivity contribution in [2.45, 2.75) is 12.8 Å². The maximum absolute atomic E-state index is 6.37. The third-order valence-corrected chi connectivity index (χ3v) is 10.2. The Kier molecular flexibility index (Phi) is 6.95. The van der Waals surface area contributed by atoms with Crippen molar-refractivity contribution < 1.29 is 8.83 Å². The molecule has 51 heavy (non-hydrogen) atoms. The molecule has 2 aromatic heterocycles. The average molecular weight is 656 g/mol. The van der Waals surface area contributed by atoms with Crippen LogP contribution < -0.4 is 4.90 Å². The molecule has 9 aromatic rings. The van der Waals surface area contributed by atoms with E-state index in [0.29, 0.717) is 0 Å². The Labute approximate surface area is 296 Å². The number of hydrogen-bond donors (Lipinski definition) is 0. The molecule has 0 amide bonds. The topological polar surface area (TPSA) is 29.5 Å². The molecule has 7 aromatic carbocycles. The Morgan fingerprint density at radius 2 is 1.02 bits per heavy atom. The van der Waals surface area contributed by atoms with Gasteiger partial charge in [-0.3, -0.25) is 0 Å². The van der Waals surface area contributed by atoms with Gasteiger partial charge in [0.1, 0.15) is 22.3 Å². The van der Waals surface area contributed by atoms with Gasteiger partial charge in [-0.25, -0.2) is 0 Å². The highest BCUT2D eigenvalue weighted by molar-refractivity contribution is 6.14. The minimum absolute atomic E-state index is 0.888. The largest absolute Gasteiger partial charge is 0.456 e. The Hall–Kier alpha value is -6.58. The second-order valence-electron chi connectivity index (χ2n) is 13.2. The first-order valence-electron chi connectivity index (χ1n) is 17.6. The first-order valence-corrected chi connectivity index (χ1v) is 17.6. The lowest BCUT2D eigenvalue weighted by Crippen LogP contribution is -2.18. The molecule has 0 radical (unpaired) electrons. The fourth-order valence-electron chi connectivity index (χ4n) is 7.79. The van der Waals surface area contributed by atoms with E-state index in [1.807, 2.05) is 18.2 Å². The summed E-state index contributed by atoms with van der Waals surface area (Å²) in [6.45, 7) is 0. The average Bonchev–Trinajstić information content (AvgIpc) is 3.78. The highest BCUT2D eigenvalue weighted by Crippen LogP contribution is 2.44. The molecule has 1 aliphatic rings. The van der Waals surface area contributed by atoms with E-state index < -0.39 is 0 Å². The van der Waals surface area contributed by atoms with Crippen molar-refractivity contribution in [1.29, 1.82) is 0 Å². The van der Waals surface area contributed by atoms with E-state index in [4.69, 9.17) is 8.83 Å². The minimum Gasteiger partial charge on any atom is -0.456 e. The van der Waals surface area contributed by atoms with Crippen molar-refractivity contribution in [2.24, 2.45) is 0 Å². The standard InChI is InChI=1S/C48H33NO2/c1-2-11-32(12-3-1)35-13-8-14-36(31-35)33-23-27-37(28-24-33)49(42-18-10-22-46-48(42)41-16-5-7-20-44(41)51-46)38-29-25-34(26-30-38)39-17-9-21-45-47(39)40-15-4-6-19-43(40)50-45/h1-23,25-27,29-31H,24,28H2. The van der Waals surface area contributed by atoms with Crippen molar-refractivity contribution >= 4 is 60.8 Å². The summed E-state index contributed by atoms with van der Waals surface area (Å²) >= 11 is 0. The SMILES string of the molecule is C1=C(c2cccc(-c3ccccc3)c2)CCC(N(c2ccc(-c3cccc4oc5ccccc5c34)cc2)c2cccc3oc4ccccc4c23)=C1. The van der Waals surface area contributed by atoms with Gasteiger partial charge < -0.3 is 13.7 Å². The summed E-state index contributed by atoms with van der Waals surface area (Å²) in [5, 5.41) is 4.53. The van der Waals surface area contributed by atoms with Crippen LogP contribution >= 0.6 is 0 Å². The summed E-state index contributed by atoms with van der Waals surface area (Å²) in [4.78, 5) is 2.43. The van der Waals surface area contributed by atoms with Gasteiger partial charge in [0.25, 0.3) is 0 Å². The normalized spacial score (nSPS) is 13.2. The quantitative estimate of drug-likeness (QED) is 0.179. The summed E-state index contributed by atoms with van der Waals surface area (Å²) in [6, 6.07) is 57.9. The van der Waals surface area contributed by atoms with E-state index >= 15 is 0 Å². The molecule has 0 atom stereocenters. The highest BCUT2D eigenvalue weighted by atomic mass is 16.3. The van der Waals surface area contributed by atoms with Gasteiger partial charge >= 0.3 is 0 Å². The molecule has 0 N–H and O–H groups in total. The number of hydrogen-bond acceptors (Lipinski definition) is 3. The zero-order valence-corrected chi connectivity index (χ0v) is 27.9. The first kappa shape index (κ1) is 29.3. The first-order chi connectivity index (χ1) is 25.3. The molecule has 0 unspecified atom stereocenters. The Balaban J connectivity index is 1.09. The molecular formula is C48H33NO2. The van der Waals surface area contributed by atoms with Crippen molar-refractivity contribution in [1.82, 2.24) is 0 Å². The van der Waals surface area contributed by atoms with Gasteiger partial charge in [0, 0.05) is 27.5 Å². The van der Waals surface area contributed by atoms with Crippen LogP contribution in [0.3, 0.4) is 0 Å². The van der Waals surface area contributed by atoms with E-state index in [1.54, 1.807) is 0 Å². The number of benzene rings is 7. The van der Waals surface area contributed by atoms with E-state index in [-0.39, 0.29) is 0 Å². The molecular weight excluding hydrogens is 623 g/mol. The van der Waals surface area contributed by atoms with Crippen molar-refractivity contribution in [3.8, 4) is 22.3 Å². The lowest BCUT2D eigenvalue weighted by molar-refractivity contribution is 0.668. The molecule has 0 spiro atoms. The van der Waals surface area contributed by atoms with E-state index in [2.05, 4.69) is 163 Å². The van der Waals surface area contributed by atoms with Crippen molar-refractivity contribution in [3.63, 3.8) is 0 Å². The third kappa shape index (κ3) is 5.05. The summed E-state index contributed by atoms with van der Waals surface area (Å²) in [6.07, 6.45) is 6.45.